The van der Waals surface area contributed by atoms with Crippen LogP contribution in [0.4, 0.5) is 13.2 Å². The van der Waals surface area contributed by atoms with Crippen molar-refractivity contribution in [2.24, 2.45) is 7.05 Å². The number of alkyl halides is 3. The normalized spacial score (nSPS) is 12.7. The van der Waals surface area contributed by atoms with E-state index < -0.39 is 11.9 Å². The lowest BCUT2D eigenvalue weighted by atomic mass is 10.2. The number of aromatic nitrogens is 4. The summed E-state index contributed by atoms with van der Waals surface area (Å²) in [6.45, 7) is 3.79. The van der Waals surface area contributed by atoms with E-state index in [1.165, 1.54) is 17.8 Å². The predicted octanol–water partition coefficient (Wildman–Crippen LogP) is 3.83. The Labute approximate surface area is 121 Å². The molecule has 9 heteroatoms. The minimum Gasteiger partial charge on any atom is -0.420 e. The second-order valence-electron chi connectivity index (χ2n) is 4.90. The molecule has 0 fully saturated rings. The molecule has 0 atom stereocenters. The minimum absolute atomic E-state index is 0.0503. The second-order valence-corrected chi connectivity index (χ2v) is 5.93. The molecule has 0 bridgehead atoms. The van der Waals surface area contributed by atoms with Crippen LogP contribution in [0.2, 0.25) is 0 Å². The zero-order chi connectivity index (χ0) is 15.4. The number of aryl methyl sites for hydroxylation is 1. The molecule has 3 heterocycles. The van der Waals surface area contributed by atoms with Crippen LogP contribution in [0.15, 0.2) is 10.5 Å². The first-order chi connectivity index (χ1) is 9.77. The van der Waals surface area contributed by atoms with Gasteiger partial charge >= 0.3 is 6.18 Å². The van der Waals surface area contributed by atoms with Crippen LogP contribution >= 0.6 is 11.3 Å². The summed E-state index contributed by atoms with van der Waals surface area (Å²) < 4.78 is 45.5. The van der Waals surface area contributed by atoms with E-state index >= 15 is 0 Å². The Bertz CT molecular complexity index is 799. The van der Waals surface area contributed by atoms with Gasteiger partial charge in [0.2, 0.25) is 5.89 Å². The second kappa shape index (κ2) is 4.55. The van der Waals surface area contributed by atoms with Crippen LogP contribution in [-0.2, 0) is 13.2 Å². The van der Waals surface area contributed by atoms with Crippen LogP contribution in [-0.4, -0.2) is 20.0 Å². The number of nitrogens with zero attached hydrogens (tertiary/aromatic N) is 4. The van der Waals surface area contributed by atoms with Crippen molar-refractivity contribution >= 4 is 21.6 Å². The number of thiophene rings is 1. The van der Waals surface area contributed by atoms with Gasteiger partial charge in [0.25, 0.3) is 5.89 Å². The summed E-state index contributed by atoms with van der Waals surface area (Å²) in [5.74, 6) is 0.748. The smallest absolute Gasteiger partial charge is 0.420 e. The van der Waals surface area contributed by atoms with Crippen molar-refractivity contribution in [3.63, 3.8) is 0 Å². The molecule has 0 aliphatic carbocycles. The first kappa shape index (κ1) is 14.1. The number of fused-ring (bicyclic) bond motifs is 1. The van der Waals surface area contributed by atoms with Gasteiger partial charge in [-0.15, -0.1) is 21.5 Å². The zero-order valence-electron chi connectivity index (χ0n) is 11.4. The third-order valence-corrected chi connectivity index (χ3v) is 4.12. The quantitative estimate of drug-likeness (QED) is 0.721. The summed E-state index contributed by atoms with van der Waals surface area (Å²) in [6.07, 6.45) is -4.49. The average molecular weight is 316 g/mol. The standard InChI is InChI=1S/C12H11F3N4OS/c1-5(2)9-16-17-10(20-9)7-4-6-8(12(13,14)15)18-19(3)11(6)21-7/h4-5H,1-3H3. The summed E-state index contributed by atoms with van der Waals surface area (Å²) in [5, 5.41) is 11.3. The van der Waals surface area contributed by atoms with Crippen molar-refractivity contribution < 1.29 is 17.6 Å². The predicted molar refractivity (Wildman–Crippen MR) is 71.0 cm³/mol. The fourth-order valence-corrected chi connectivity index (χ4v) is 2.92. The van der Waals surface area contributed by atoms with Gasteiger partial charge in [0.1, 0.15) is 4.83 Å². The molecular weight excluding hydrogens is 305 g/mol. The van der Waals surface area contributed by atoms with Crippen LogP contribution in [0.5, 0.6) is 0 Å². The highest BCUT2D eigenvalue weighted by atomic mass is 32.1. The molecule has 0 aliphatic rings. The summed E-state index contributed by atoms with van der Waals surface area (Å²) in [4.78, 5) is 0.921. The Balaban J connectivity index is 2.12. The lowest BCUT2D eigenvalue weighted by Crippen LogP contribution is -2.07. The molecule has 0 amide bonds. The van der Waals surface area contributed by atoms with Crippen LogP contribution in [0, 0.1) is 0 Å². The molecule has 0 spiro atoms. The lowest BCUT2D eigenvalue weighted by Gasteiger charge is -2.00. The van der Waals surface area contributed by atoms with Gasteiger partial charge in [-0.05, 0) is 6.07 Å². The molecule has 0 saturated carbocycles. The van der Waals surface area contributed by atoms with Crippen molar-refractivity contribution in [2.75, 3.05) is 0 Å². The summed E-state index contributed by atoms with van der Waals surface area (Å²) in [6, 6.07) is 1.40. The molecule has 21 heavy (non-hydrogen) atoms. The first-order valence-corrected chi connectivity index (χ1v) is 6.96. The molecule has 0 N–H and O–H groups in total. The number of hydrogen-bond acceptors (Lipinski definition) is 5. The van der Waals surface area contributed by atoms with Crippen LogP contribution in [0.25, 0.3) is 21.0 Å². The van der Waals surface area contributed by atoms with Gasteiger partial charge < -0.3 is 4.42 Å². The Morgan fingerprint density at radius 2 is 2.00 bits per heavy atom. The third-order valence-electron chi connectivity index (χ3n) is 2.93. The highest BCUT2D eigenvalue weighted by Gasteiger charge is 2.37. The van der Waals surface area contributed by atoms with Crippen molar-refractivity contribution in [3.8, 4) is 10.8 Å². The van der Waals surface area contributed by atoms with E-state index in [-0.39, 0.29) is 17.2 Å². The topological polar surface area (TPSA) is 56.7 Å². The van der Waals surface area contributed by atoms with E-state index in [1.807, 2.05) is 13.8 Å². The molecule has 3 aromatic heterocycles. The maximum absolute atomic E-state index is 12.9. The van der Waals surface area contributed by atoms with Crippen molar-refractivity contribution in [3.05, 3.63) is 17.7 Å². The molecule has 0 aromatic carbocycles. The molecule has 0 aliphatic heterocycles. The molecule has 3 rings (SSSR count). The molecular formula is C12H11F3N4OS. The number of rotatable bonds is 2. The highest BCUT2D eigenvalue weighted by Crippen LogP contribution is 2.40. The van der Waals surface area contributed by atoms with Gasteiger partial charge in [-0.3, -0.25) is 4.68 Å². The SMILES string of the molecule is CC(C)c1nnc(-c2cc3c(C(F)(F)F)nn(C)c3s2)o1. The van der Waals surface area contributed by atoms with Gasteiger partial charge in [0.05, 0.1) is 4.88 Å². The molecule has 0 unspecified atom stereocenters. The third kappa shape index (κ3) is 2.31. The van der Waals surface area contributed by atoms with Gasteiger partial charge in [-0.2, -0.15) is 18.3 Å². The van der Waals surface area contributed by atoms with Gasteiger partial charge in [0, 0.05) is 18.4 Å². The Kier molecular flexibility index (Phi) is 3.05. The van der Waals surface area contributed by atoms with Crippen LogP contribution in [0.3, 0.4) is 0 Å². The van der Waals surface area contributed by atoms with Crippen molar-refractivity contribution in [1.82, 2.24) is 20.0 Å². The largest absolute Gasteiger partial charge is 0.435 e. The fourth-order valence-electron chi connectivity index (χ4n) is 1.92. The van der Waals surface area contributed by atoms with Crippen molar-refractivity contribution in [2.45, 2.75) is 25.9 Å². The molecule has 0 radical (unpaired) electrons. The van der Waals surface area contributed by atoms with E-state index in [0.717, 1.165) is 11.3 Å². The molecule has 5 nitrogen and oxygen atoms in total. The maximum Gasteiger partial charge on any atom is 0.435 e. The molecule has 112 valence electrons. The Hall–Kier alpha value is -1.90. The van der Waals surface area contributed by atoms with E-state index in [4.69, 9.17) is 4.42 Å². The van der Waals surface area contributed by atoms with Gasteiger partial charge in [-0.25, -0.2) is 0 Å². The van der Waals surface area contributed by atoms with Crippen LogP contribution < -0.4 is 0 Å². The molecule has 0 saturated heterocycles. The van der Waals surface area contributed by atoms with Crippen LogP contribution in [0.1, 0.15) is 31.4 Å². The molecule has 3 aromatic rings. The van der Waals surface area contributed by atoms with Gasteiger partial charge in [0.15, 0.2) is 5.69 Å². The van der Waals surface area contributed by atoms with E-state index in [0.29, 0.717) is 15.6 Å². The Morgan fingerprint density at radius 1 is 1.29 bits per heavy atom. The van der Waals surface area contributed by atoms with E-state index in [1.54, 1.807) is 0 Å². The monoisotopic (exact) mass is 316 g/mol. The average Bonchev–Trinajstić information content (AvgIpc) is 3.03. The lowest BCUT2D eigenvalue weighted by molar-refractivity contribution is -0.140. The summed E-state index contributed by atoms with van der Waals surface area (Å²) in [7, 11) is 1.48. The zero-order valence-corrected chi connectivity index (χ0v) is 12.2. The van der Waals surface area contributed by atoms with E-state index in [2.05, 4.69) is 15.3 Å². The highest BCUT2D eigenvalue weighted by molar-refractivity contribution is 7.21. The van der Waals surface area contributed by atoms with E-state index in [9.17, 15) is 13.2 Å². The Morgan fingerprint density at radius 3 is 2.57 bits per heavy atom. The maximum atomic E-state index is 12.9. The minimum atomic E-state index is -4.49. The van der Waals surface area contributed by atoms with Gasteiger partial charge in [-0.1, -0.05) is 13.8 Å². The number of halogens is 3. The van der Waals surface area contributed by atoms with Crippen molar-refractivity contribution in [1.29, 1.82) is 0 Å². The first-order valence-electron chi connectivity index (χ1n) is 6.15. The number of hydrogen-bond donors (Lipinski definition) is 0. The summed E-state index contributed by atoms with van der Waals surface area (Å²) in [5.41, 5.74) is -0.897. The summed E-state index contributed by atoms with van der Waals surface area (Å²) >= 11 is 1.14. The fraction of sp³-hybridized carbons (Fsp3) is 0.417.